The smallest absolute Gasteiger partial charge is 0.246 e. The Labute approximate surface area is 194 Å². The molecule has 1 saturated heterocycles. The van der Waals surface area contributed by atoms with Crippen LogP contribution in [0, 0.1) is 5.92 Å². The molecule has 31 heavy (non-hydrogen) atoms. The lowest BCUT2D eigenvalue weighted by molar-refractivity contribution is 0.284. The van der Waals surface area contributed by atoms with Crippen molar-refractivity contribution in [2.45, 2.75) is 17.7 Å². The van der Waals surface area contributed by atoms with Crippen LogP contribution >= 0.6 is 27.5 Å². The number of phenolic OH excluding ortho intramolecular Hbond substituents is 2. The minimum atomic E-state index is -3.96. The fourth-order valence-electron chi connectivity index (χ4n) is 3.80. The van der Waals surface area contributed by atoms with Gasteiger partial charge in [-0.2, -0.15) is 9.40 Å². The van der Waals surface area contributed by atoms with Gasteiger partial charge in [-0.05, 0) is 43.0 Å². The van der Waals surface area contributed by atoms with Crippen molar-refractivity contribution in [1.82, 2.24) is 14.1 Å². The minimum Gasteiger partial charge on any atom is -0.507 e. The van der Waals surface area contributed by atoms with E-state index in [-0.39, 0.29) is 22.1 Å². The van der Waals surface area contributed by atoms with Crippen LogP contribution in [0.4, 0.5) is 0 Å². The molecule has 1 unspecified atom stereocenters. The molecule has 0 amide bonds. The third kappa shape index (κ3) is 4.19. The number of benzene rings is 2. The molecule has 0 spiro atoms. The van der Waals surface area contributed by atoms with E-state index in [0.717, 1.165) is 18.9 Å². The number of aromatic nitrogens is 2. The summed E-state index contributed by atoms with van der Waals surface area (Å²) in [4.78, 5) is -0.248. The van der Waals surface area contributed by atoms with Crippen LogP contribution in [0.3, 0.4) is 0 Å². The van der Waals surface area contributed by atoms with Crippen molar-refractivity contribution >= 4 is 37.6 Å². The molecule has 7 nitrogen and oxygen atoms in total. The number of aromatic hydroxyl groups is 2. The topological polar surface area (TPSA) is 95.7 Å². The van der Waals surface area contributed by atoms with E-state index in [9.17, 15) is 18.6 Å². The second kappa shape index (κ2) is 8.82. The Morgan fingerprint density at radius 3 is 2.68 bits per heavy atom. The fraction of sp³-hybridized carbons (Fsp3) is 0.286. The van der Waals surface area contributed by atoms with Gasteiger partial charge in [-0.1, -0.05) is 39.7 Å². The largest absolute Gasteiger partial charge is 0.507 e. The number of phenols is 2. The molecular formula is C21H21BrClN3O4S. The van der Waals surface area contributed by atoms with Crippen molar-refractivity contribution in [3.05, 3.63) is 53.7 Å². The first-order valence-corrected chi connectivity index (χ1v) is 12.7. The number of para-hydroxylation sites is 1. The zero-order valence-corrected chi connectivity index (χ0v) is 19.6. The van der Waals surface area contributed by atoms with Gasteiger partial charge in [-0.3, -0.25) is 0 Å². The lowest BCUT2D eigenvalue weighted by atomic mass is 10.0. The Balaban J connectivity index is 1.81. The Morgan fingerprint density at radius 2 is 1.94 bits per heavy atom. The summed E-state index contributed by atoms with van der Waals surface area (Å²) in [6.45, 7) is 0.764. The van der Waals surface area contributed by atoms with E-state index in [1.807, 2.05) is 0 Å². The second-order valence-corrected chi connectivity index (χ2v) is 10.4. The summed E-state index contributed by atoms with van der Waals surface area (Å²) in [6.07, 6.45) is 3.23. The lowest BCUT2D eigenvalue weighted by Gasteiger charge is -2.31. The van der Waals surface area contributed by atoms with Crippen molar-refractivity contribution in [2.24, 2.45) is 5.92 Å². The first-order valence-electron chi connectivity index (χ1n) is 9.74. The van der Waals surface area contributed by atoms with Crippen LogP contribution in [0.15, 0.2) is 53.6 Å². The van der Waals surface area contributed by atoms with E-state index in [1.165, 1.54) is 21.3 Å². The number of hydrogen-bond acceptors (Lipinski definition) is 5. The van der Waals surface area contributed by atoms with E-state index in [1.54, 1.807) is 30.3 Å². The molecule has 1 aliphatic heterocycles. The monoisotopic (exact) mass is 525 g/mol. The highest BCUT2D eigenvalue weighted by Crippen LogP contribution is 2.39. The Hall–Kier alpha value is -2.07. The molecule has 0 radical (unpaired) electrons. The highest BCUT2D eigenvalue weighted by atomic mass is 79.9. The normalized spacial score (nSPS) is 17.7. The number of sulfonamides is 1. The van der Waals surface area contributed by atoms with Crippen LogP contribution in [0.5, 0.6) is 11.5 Å². The predicted octanol–water partition coefficient (Wildman–Crippen LogP) is 4.40. The van der Waals surface area contributed by atoms with Gasteiger partial charge in [0.05, 0.1) is 22.6 Å². The zero-order chi connectivity index (χ0) is 22.2. The van der Waals surface area contributed by atoms with Crippen molar-refractivity contribution in [2.75, 3.05) is 18.4 Å². The van der Waals surface area contributed by atoms with Gasteiger partial charge in [0, 0.05) is 30.0 Å². The first kappa shape index (κ1) is 22.1. The molecule has 1 aromatic heterocycles. The summed E-state index contributed by atoms with van der Waals surface area (Å²) < 4.78 is 29.6. The fourth-order valence-corrected chi connectivity index (χ4v) is 6.19. The molecule has 2 heterocycles. The van der Waals surface area contributed by atoms with Gasteiger partial charge in [0.15, 0.2) is 0 Å². The molecule has 164 valence electrons. The van der Waals surface area contributed by atoms with E-state index in [0.29, 0.717) is 34.8 Å². The van der Waals surface area contributed by atoms with Gasteiger partial charge in [0.1, 0.15) is 16.4 Å². The van der Waals surface area contributed by atoms with Crippen LogP contribution in [0.25, 0.3) is 16.9 Å². The second-order valence-electron chi connectivity index (χ2n) is 7.44. The summed E-state index contributed by atoms with van der Waals surface area (Å²) in [5, 5.41) is 26.4. The highest BCUT2D eigenvalue weighted by Gasteiger charge is 2.33. The van der Waals surface area contributed by atoms with Crippen LogP contribution in [-0.2, 0) is 10.0 Å². The summed E-state index contributed by atoms with van der Waals surface area (Å²) in [5.41, 5.74) is 1.25. The quantitative estimate of drug-likeness (QED) is 0.481. The first-order chi connectivity index (χ1) is 14.8. The number of piperidine rings is 1. The lowest BCUT2D eigenvalue weighted by Crippen LogP contribution is -2.40. The number of alkyl halides is 1. The number of nitrogens with zero attached hydrogens (tertiary/aromatic N) is 3. The van der Waals surface area contributed by atoms with Crippen molar-refractivity contribution < 1.29 is 18.6 Å². The number of halogens is 2. The molecule has 0 aliphatic carbocycles. The molecule has 2 aromatic carbocycles. The van der Waals surface area contributed by atoms with Crippen LogP contribution in [0.2, 0.25) is 5.02 Å². The summed E-state index contributed by atoms with van der Waals surface area (Å²) in [6, 6.07) is 11.1. The standard InChI is InChI=1S/C21H21BrClN3O4S/c22-12-14-4-3-9-25(13-14)31(29,30)21-10-15(19(27)11-20(21)28)17-7-8-24-26(17)18-6-2-1-5-16(18)23/h1-2,5-8,10-11,14,27-28H,3-4,9,12-13H2. The minimum absolute atomic E-state index is 0.212. The molecule has 10 heteroatoms. The molecule has 0 bridgehead atoms. The van der Waals surface area contributed by atoms with Crippen molar-refractivity contribution in [3.8, 4) is 28.4 Å². The summed E-state index contributed by atoms with van der Waals surface area (Å²) >= 11 is 9.74. The molecule has 1 fully saturated rings. The molecule has 3 aromatic rings. The summed E-state index contributed by atoms with van der Waals surface area (Å²) in [7, 11) is -3.96. The SMILES string of the molecule is O=S(=O)(c1cc(-c2ccnn2-c2ccccc2Cl)c(O)cc1O)N1CCCC(CBr)C1. The van der Waals surface area contributed by atoms with Crippen molar-refractivity contribution in [1.29, 1.82) is 0 Å². The molecule has 1 aliphatic rings. The van der Waals surface area contributed by atoms with E-state index >= 15 is 0 Å². The highest BCUT2D eigenvalue weighted by molar-refractivity contribution is 9.09. The third-order valence-corrected chi connectivity index (χ3v) is 8.52. The average Bonchev–Trinajstić information content (AvgIpc) is 3.23. The molecular weight excluding hydrogens is 506 g/mol. The maximum atomic E-state index is 13.3. The zero-order valence-electron chi connectivity index (χ0n) is 16.4. The number of hydrogen-bond donors (Lipinski definition) is 2. The van der Waals surface area contributed by atoms with Gasteiger partial charge >= 0.3 is 0 Å². The van der Waals surface area contributed by atoms with Gasteiger partial charge in [-0.25, -0.2) is 13.1 Å². The van der Waals surface area contributed by atoms with Crippen molar-refractivity contribution in [3.63, 3.8) is 0 Å². The maximum Gasteiger partial charge on any atom is 0.246 e. The number of rotatable bonds is 5. The maximum absolute atomic E-state index is 13.3. The van der Waals surface area contributed by atoms with E-state index in [4.69, 9.17) is 11.6 Å². The third-order valence-electron chi connectivity index (χ3n) is 5.39. The summed E-state index contributed by atoms with van der Waals surface area (Å²) in [5.74, 6) is -0.544. The Bertz CT molecular complexity index is 1220. The van der Waals surface area contributed by atoms with Crippen LogP contribution in [-0.4, -0.2) is 51.1 Å². The molecule has 4 rings (SSSR count). The van der Waals surface area contributed by atoms with Gasteiger partial charge < -0.3 is 10.2 Å². The van der Waals surface area contributed by atoms with Crippen LogP contribution < -0.4 is 0 Å². The molecule has 1 atom stereocenters. The van der Waals surface area contributed by atoms with Gasteiger partial charge in [0.2, 0.25) is 10.0 Å². The molecule has 2 N–H and O–H groups in total. The van der Waals surface area contributed by atoms with Gasteiger partial charge in [0.25, 0.3) is 0 Å². The predicted molar refractivity (Wildman–Crippen MR) is 123 cm³/mol. The van der Waals surface area contributed by atoms with E-state index in [2.05, 4.69) is 21.0 Å². The molecule has 0 saturated carbocycles. The van der Waals surface area contributed by atoms with E-state index < -0.39 is 15.8 Å². The Morgan fingerprint density at radius 1 is 1.16 bits per heavy atom. The van der Waals surface area contributed by atoms with Gasteiger partial charge in [-0.15, -0.1) is 0 Å². The average molecular weight is 527 g/mol. The Kier molecular flexibility index (Phi) is 6.30. The van der Waals surface area contributed by atoms with Crippen LogP contribution in [0.1, 0.15) is 12.8 Å².